The molecule has 2 fully saturated rings. The lowest BCUT2D eigenvalue weighted by atomic mass is 9.95. The van der Waals surface area contributed by atoms with Gasteiger partial charge in [0, 0.05) is 30.6 Å². The molecule has 2 unspecified atom stereocenters. The average molecular weight is 486 g/mol. The average Bonchev–Trinajstić information content (AvgIpc) is 3.25. The zero-order valence-corrected chi connectivity index (χ0v) is 21.9. The van der Waals surface area contributed by atoms with Gasteiger partial charge >= 0.3 is 6.09 Å². The minimum atomic E-state index is -0.591. The standard InChI is InChI=1S/C27H40FN5O2/c1-17(2)25-31-30-18(3)33(25)23-15-21-10-11-22(16-23)32(21)13-12-24(19-8-7-9-20(28)14-19)29-26(34)35-27(4,5)6/h7-9,14,17,21-24H,10-13,15-16H2,1-6H3,(H,29,34)/t21?,22?,23?,24-/m0/s1. The zero-order chi connectivity index (χ0) is 25.3. The van der Waals surface area contributed by atoms with Crippen LogP contribution < -0.4 is 5.32 Å². The summed E-state index contributed by atoms with van der Waals surface area (Å²) in [5.41, 5.74) is 0.173. The number of hydrogen-bond acceptors (Lipinski definition) is 5. The van der Waals surface area contributed by atoms with Gasteiger partial charge in [0.2, 0.25) is 0 Å². The second kappa shape index (κ2) is 10.2. The highest BCUT2D eigenvalue weighted by Crippen LogP contribution is 2.42. The number of nitrogens with zero attached hydrogens (tertiary/aromatic N) is 4. The van der Waals surface area contributed by atoms with E-state index in [2.05, 4.69) is 45.8 Å². The molecule has 2 aliphatic heterocycles. The molecule has 2 aromatic rings. The third-order valence-corrected chi connectivity index (χ3v) is 7.25. The van der Waals surface area contributed by atoms with Crippen molar-refractivity contribution in [2.24, 2.45) is 0 Å². The van der Waals surface area contributed by atoms with E-state index in [4.69, 9.17) is 4.74 Å². The summed E-state index contributed by atoms with van der Waals surface area (Å²) < 4.78 is 21.9. The van der Waals surface area contributed by atoms with Gasteiger partial charge in [0.25, 0.3) is 0 Å². The van der Waals surface area contributed by atoms with Gasteiger partial charge in [0.1, 0.15) is 23.1 Å². The number of ether oxygens (including phenoxy) is 1. The number of amides is 1. The van der Waals surface area contributed by atoms with Crippen molar-refractivity contribution in [2.75, 3.05) is 6.54 Å². The summed E-state index contributed by atoms with van der Waals surface area (Å²) in [5.74, 6) is 2.12. The van der Waals surface area contributed by atoms with Gasteiger partial charge in [0.05, 0.1) is 6.04 Å². The molecule has 1 aromatic heterocycles. The highest BCUT2D eigenvalue weighted by molar-refractivity contribution is 5.68. The van der Waals surface area contributed by atoms with Crippen LogP contribution in [-0.4, -0.2) is 50.0 Å². The lowest BCUT2D eigenvalue weighted by Gasteiger charge is -2.40. The van der Waals surface area contributed by atoms with E-state index >= 15 is 0 Å². The first-order valence-corrected chi connectivity index (χ1v) is 12.9. The summed E-state index contributed by atoms with van der Waals surface area (Å²) in [7, 11) is 0. The molecule has 0 saturated carbocycles. The van der Waals surface area contributed by atoms with E-state index in [0.29, 0.717) is 30.5 Å². The first-order chi connectivity index (χ1) is 16.5. The van der Waals surface area contributed by atoms with Gasteiger partial charge in [-0.15, -0.1) is 10.2 Å². The van der Waals surface area contributed by atoms with E-state index in [0.717, 1.165) is 36.6 Å². The van der Waals surface area contributed by atoms with Crippen molar-refractivity contribution in [3.8, 4) is 0 Å². The van der Waals surface area contributed by atoms with Crippen LogP contribution in [0.5, 0.6) is 0 Å². The predicted octanol–water partition coefficient (Wildman–Crippen LogP) is 5.67. The molecule has 2 bridgehead atoms. The topological polar surface area (TPSA) is 72.3 Å². The number of aryl methyl sites for hydroxylation is 1. The molecule has 35 heavy (non-hydrogen) atoms. The molecule has 0 radical (unpaired) electrons. The Morgan fingerprint density at radius 1 is 1.17 bits per heavy atom. The third kappa shape index (κ3) is 6.02. The minimum absolute atomic E-state index is 0.301. The first-order valence-electron chi connectivity index (χ1n) is 12.9. The number of carbonyl (C=O) groups is 1. The van der Waals surface area contributed by atoms with E-state index in [1.54, 1.807) is 6.07 Å². The van der Waals surface area contributed by atoms with E-state index in [-0.39, 0.29) is 11.9 Å². The van der Waals surface area contributed by atoms with Crippen LogP contribution in [0.15, 0.2) is 24.3 Å². The van der Waals surface area contributed by atoms with E-state index in [1.807, 2.05) is 26.8 Å². The Kier molecular flexibility index (Phi) is 7.50. The van der Waals surface area contributed by atoms with Gasteiger partial charge < -0.3 is 14.6 Å². The Labute approximate surface area is 208 Å². The number of alkyl carbamates (subject to hydrolysis) is 1. The van der Waals surface area contributed by atoms with Gasteiger partial charge in [-0.1, -0.05) is 26.0 Å². The number of fused-ring (bicyclic) bond motifs is 2. The second-order valence-corrected chi connectivity index (χ2v) is 11.4. The molecular weight excluding hydrogens is 445 g/mol. The Bertz CT molecular complexity index is 1020. The Balaban J connectivity index is 1.45. The molecule has 2 saturated heterocycles. The second-order valence-electron chi connectivity index (χ2n) is 11.4. The number of hydrogen-bond donors (Lipinski definition) is 1. The van der Waals surface area contributed by atoms with Crippen LogP contribution in [0.2, 0.25) is 0 Å². The van der Waals surface area contributed by atoms with Crippen molar-refractivity contribution >= 4 is 6.09 Å². The van der Waals surface area contributed by atoms with Crippen LogP contribution in [0.3, 0.4) is 0 Å². The Hall–Kier alpha value is -2.48. The van der Waals surface area contributed by atoms with Crippen molar-refractivity contribution in [1.29, 1.82) is 0 Å². The van der Waals surface area contributed by atoms with Crippen LogP contribution in [0, 0.1) is 12.7 Å². The molecule has 3 heterocycles. The van der Waals surface area contributed by atoms with Crippen LogP contribution >= 0.6 is 0 Å². The Morgan fingerprint density at radius 2 is 1.86 bits per heavy atom. The van der Waals surface area contributed by atoms with Crippen molar-refractivity contribution in [2.45, 2.75) is 109 Å². The first kappa shape index (κ1) is 25.6. The molecule has 3 atom stereocenters. The summed E-state index contributed by atoms with van der Waals surface area (Å²) in [4.78, 5) is 15.2. The normalized spacial score (nSPS) is 23.5. The number of nitrogens with one attached hydrogen (secondary N) is 1. The molecule has 8 heteroatoms. The third-order valence-electron chi connectivity index (χ3n) is 7.25. The van der Waals surface area contributed by atoms with Gasteiger partial charge in [-0.2, -0.15) is 0 Å². The Morgan fingerprint density at radius 3 is 2.46 bits per heavy atom. The molecule has 192 valence electrons. The van der Waals surface area contributed by atoms with Crippen molar-refractivity contribution < 1.29 is 13.9 Å². The molecular formula is C27H40FN5O2. The number of benzene rings is 1. The van der Waals surface area contributed by atoms with Crippen molar-refractivity contribution in [3.63, 3.8) is 0 Å². The maximum atomic E-state index is 14.0. The van der Waals surface area contributed by atoms with Crippen LogP contribution in [0.1, 0.15) is 102 Å². The quantitative estimate of drug-likeness (QED) is 0.547. The lowest BCUT2D eigenvalue weighted by molar-refractivity contribution is 0.0488. The molecule has 1 N–H and O–H groups in total. The van der Waals surface area contributed by atoms with Crippen LogP contribution in [0.25, 0.3) is 0 Å². The molecule has 2 aliphatic rings. The molecule has 0 spiro atoms. The molecule has 4 rings (SSSR count). The fourth-order valence-electron chi connectivity index (χ4n) is 5.83. The molecule has 1 amide bonds. The fourth-order valence-corrected chi connectivity index (χ4v) is 5.83. The van der Waals surface area contributed by atoms with Gasteiger partial charge in [0.15, 0.2) is 0 Å². The maximum Gasteiger partial charge on any atom is 0.408 e. The summed E-state index contributed by atoms with van der Waals surface area (Å²) >= 11 is 0. The van der Waals surface area contributed by atoms with Crippen molar-refractivity contribution in [3.05, 3.63) is 47.3 Å². The number of halogens is 1. The zero-order valence-electron chi connectivity index (χ0n) is 21.9. The monoisotopic (exact) mass is 485 g/mol. The highest BCUT2D eigenvalue weighted by atomic mass is 19.1. The predicted molar refractivity (Wildman–Crippen MR) is 134 cm³/mol. The van der Waals surface area contributed by atoms with Gasteiger partial charge in [-0.05, 0) is 77.5 Å². The van der Waals surface area contributed by atoms with E-state index < -0.39 is 11.7 Å². The largest absolute Gasteiger partial charge is 0.444 e. The fraction of sp³-hybridized carbons (Fsp3) is 0.667. The maximum absolute atomic E-state index is 14.0. The van der Waals surface area contributed by atoms with Gasteiger partial charge in [-0.3, -0.25) is 4.90 Å². The number of aromatic nitrogens is 3. The number of piperidine rings is 1. The molecule has 0 aliphatic carbocycles. The minimum Gasteiger partial charge on any atom is -0.444 e. The summed E-state index contributed by atoms with van der Waals surface area (Å²) in [6.07, 6.45) is 4.76. The van der Waals surface area contributed by atoms with E-state index in [1.165, 1.54) is 25.0 Å². The smallest absolute Gasteiger partial charge is 0.408 e. The highest BCUT2D eigenvalue weighted by Gasteiger charge is 2.42. The van der Waals surface area contributed by atoms with E-state index in [9.17, 15) is 9.18 Å². The summed E-state index contributed by atoms with van der Waals surface area (Å²) in [6.45, 7) is 12.8. The summed E-state index contributed by atoms with van der Waals surface area (Å²) in [6, 6.07) is 7.60. The molecule has 1 aromatic carbocycles. The summed E-state index contributed by atoms with van der Waals surface area (Å²) in [5, 5.41) is 11.8. The molecule has 7 nitrogen and oxygen atoms in total. The number of rotatable bonds is 7. The van der Waals surface area contributed by atoms with Crippen molar-refractivity contribution in [1.82, 2.24) is 25.0 Å². The van der Waals surface area contributed by atoms with Gasteiger partial charge in [-0.25, -0.2) is 9.18 Å². The SMILES string of the molecule is Cc1nnc(C(C)C)n1C1CC2CCC(C1)N2CC[C@H](NC(=O)OC(C)(C)C)c1cccc(F)c1. The van der Waals surface area contributed by atoms with Crippen LogP contribution in [-0.2, 0) is 4.74 Å². The number of carbonyl (C=O) groups excluding carboxylic acids is 1. The van der Waals surface area contributed by atoms with Crippen LogP contribution in [0.4, 0.5) is 9.18 Å². The lowest BCUT2D eigenvalue weighted by Crippen LogP contribution is -2.45.